The Labute approximate surface area is 213 Å². The quantitative estimate of drug-likeness (QED) is 0.281. The molecule has 0 aliphatic rings. The van der Waals surface area contributed by atoms with E-state index in [1.807, 2.05) is 0 Å². The van der Waals surface area contributed by atoms with Crippen LogP contribution in [0.5, 0.6) is 11.5 Å². The van der Waals surface area contributed by atoms with Crippen molar-refractivity contribution in [1.29, 1.82) is 0 Å². The number of carbonyl (C=O) groups excluding carboxylic acids is 1. The third-order valence-corrected chi connectivity index (χ3v) is 5.78. The molecule has 0 saturated carbocycles. The van der Waals surface area contributed by atoms with Crippen LogP contribution in [0.4, 0.5) is 15.9 Å². The molecule has 1 heterocycles. The van der Waals surface area contributed by atoms with E-state index in [0.29, 0.717) is 50.6 Å². The maximum absolute atomic E-state index is 13.5. The first-order valence-electron chi connectivity index (χ1n) is 11.4. The van der Waals surface area contributed by atoms with E-state index in [4.69, 9.17) is 15.2 Å². The van der Waals surface area contributed by atoms with E-state index in [-0.39, 0.29) is 18.0 Å². The lowest BCUT2D eigenvalue weighted by molar-refractivity contribution is -0.112. The van der Waals surface area contributed by atoms with Crippen LogP contribution in [0, 0.1) is 5.82 Å². The Bertz CT molecular complexity index is 1500. The number of nitrogens with two attached hydrogens (primary N) is 1. The summed E-state index contributed by atoms with van der Waals surface area (Å²) in [6.45, 7) is 7.25. The number of rotatable bonds is 9. The van der Waals surface area contributed by atoms with E-state index in [2.05, 4.69) is 21.9 Å². The largest absolute Gasteiger partial charge is 0.496 e. The molecule has 4 N–H and O–H groups in total. The molecule has 8 nitrogen and oxygen atoms in total. The number of primary amides is 1. The molecule has 37 heavy (non-hydrogen) atoms. The number of methoxy groups -OCH3 is 1. The average molecular weight is 503 g/mol. The van der Waals surface area contributed by atoms with Crippen molar-refractivity contribution in [3.05, 3.63) is 90.0 Å². The maximum Gasteiger partial charge on any atom is 0.248 e. The minimum Gasteiger partial charge on any atom is -0.496 e. The lowest BCUT2D eigenvalue weighted by atomic mass is 9.96. The molecule has 0 aliphatic carbocycles. The van der Waals surface area contributed by atoms with Crippen LogP contribution in [-0.2, 0) is 17.0 Å². The summed E-state index contributed by atoms with van der Waals surface area (Å²) in [6, 6.07) is 14.7. The molecule has 0 spiro atoms. The normalized spacial score (nSPS) is 11.3. The topological polar surface area (TPSA) is 120 Å². The molecule has 0 fully saturated rings. The van der Waals surface area contributed by atoms with E-state index in [1.54, 1.807) is 56.3 Å². The summed E-state index contributed by atoms with van der Waals surface area (Å²) in [5.74, 6) is 0.324. The summed E-state index contributed by atoms with van der Waals surface area (Å²) in [6.07, 6.45) is 1.40. The van der Waals surface area contributed by atoms with Crippen molar-refractivity contribution in [1.82, 2.24) is 9.97 Å². The minimum atomic E-state index is -1.24. The third kappa shape index (κ3) is 5.68. The van der Waals surface area contributed by atoms with E-state index in [1.165, 1.54) is 25.6 Å². The second kappa shape index (κ2) is 10.2. The lowest BCUT2D eigenvalue weighted by Crippen LogP contribution is -2.18. The van der Waals surface area contributed by atoms with Crippen molar-refractivity contribution in [2.45, 2.75) is 26.1 Å². The molecule has 0 saturated heterocycles. The van der Waals surface area contributed by atoms with Crippen LogP contribution in [0.1, 0.15) is 30.5 Å². The van der Waals surface area contributed by atoms with Gasteiger partial charge in [-0.05, 0) is 55.8 Å². The number of halogens is 1. The van der Waals surface area contributed by atoms with Gasteiger partial charge in [0.1, 0.15) is 36.1 Å². The standard InChI is InChI=1S/C28H27FN4O4/c1-16(26(30)34)20-12-21-24(13-25(20)36-4)31-15-32-27(21)33-23-9-8-19(11-22(23)28(2,3)35)37-14-17-6-5-7-18(29)10-17/h5-13,15,35H,1,14H2,2-4H3,(H2,30,34)(H,31,32,33). The third-order valence-electron chi connectivity index (χ3n) is 5.78. The fraction of sp³-hybridized carbons (Fsp3) is 0.179. The molecule has 0 bridgehead atoms. The first-order chi connectivity index (χ1) is 17.6. The summed E-state index contributed by atoms with van der Waals surface area (Å²) < 4.78 is 24.7. The summed E-state index contributed by atoms with van der Waals surface area (Å²) in [5.41, 5.74) is 7.10. The van der Waals surface area contributed by atoms with Crippen molar-refractivity contribution < 1.29 is 23.8 Å². The number of anilines is 2. The molecule has 0 radical (unpaired) electrons. The molecule has 4 aromatic rings. The molecule has 0 atom stereocenters. The predicted octanol–water partition coefficient (Wildman–Crippen LogP) is 4.83. The van der Waals surface area contributed by atoms with Gasteiger partial charge in [0.05, 0.1) is 18.2 Å². The Hall–Kier alpha value is -4.50. The van der Waals surface area contributed by atoms with Gasteiger partial charge in [-0.25, -0.2) is 14.4 Å². The zero-order valence-corrected chi connectivity index (χ0v) is 20.7. The van der Waals surface area contributed by atoms with Crippen LogP contribution in [-0.4, -0.2) is 28.1 Å². The van der Waals surface area contributed by atoms with Crippen molar-refractivity contribution in [2.24, 2.45) is 5.73 Å². The van der Waals surface area contributed by atoms with Gasteiger partial charge < -0.3 is 25.6 Å². The molecular weight excluding hydrogens is 475 g/mol. The highest BCUT2D eigenvalue weighted by atomic mass is 19.1. The van der Waals surface area contributed by atoms with Gasteiger partial charge in [0.15, 0.2) is 0 Å². The Balaban J connectivity index is 1.71. The molecular formula is C28H27FN4O4. The van der Waals surface area contributed by atoms with Crippen LogP contribution >= 0.6 is 0 Å². The highest BCUT2D eigenvalue weighted by Crippen LogP contribution is 2.36. The smallest absolute Gasteiger partial charge is 0.248 e. The second-order valence-corrected chi connectivity index (χ2v) is 8.94. The average Bonchev–Trinajstić information content (AvgIpc) is 2.86. The number of ether oxygens (including phenoxy) is 2. The first-order valence-corrected chi connectivity index (χ1v) is 11.4. The highest BCUT2D eigenvalue weighted by Gasteiger charge is 2.23. The minimum absolute atomic E-state index is 0.0885. The van der Waals surface area contributed by atoms with E-state index < -0.39 is 11.5 Å². The van der Waals surface area contributed by atoms with Crippen LogP contribution in [0.2, 0.25) is 0 Å². The molecule has 1 amide bonds. The van der Waals surface area contributed by atoms with Crippen LogP contribution in [0.25, 0.3) is 16.5 Å². The Morgan fingerprint density at radius 3 is 2.62 bits per heavy atom. The number of amides is 1. The zero-order valence-electron chi connectivity index (χ0n) is 20.7. The summed E-state index contributed by atoms with van der Waals surface area (Å²) in [5, 5.41) is 14.7. The Morgan fingerprint density at radius 2 is 1.95 bits per heavy atom. The number of aromatic nitrogens is 2. The van der Waals surface area contributed by atoms with Gasteiger partial charge in [0, 0.05) is 33.8 Å². The number of hydrogen-bond donors (Lipinski definition) is 3. The number of carbonyl (C=O) groups is 1. The van der Waals surface area contributed by atoms with Gasteiger partial charge in [-0.15, -0.1) is 0 Å². The maximum atomic E-state index is 13.5. The lowest BCUT2D eigenvalue weighted by Gasteiger charge is -2.23. The number of hydrogen-bond acceptors (Lipinski definition) is 7. The fourth-order valence-electron chi connectivity index (χ4n) is 3.87. The first kappa shape index (κ1) is 25.6. The summed E-state index contributed by atoms with van der Waals surface area (Å²) >= 11 is 0. The van der Waals surface area contributed by atoms with Crippen molar-refractivity contribution >= 4 is 33.9 Å². The van der Waals surface area contributed by atoms with Crippen molar-refractivity contribution in [2.75, 3.05) is 12.4 Å². The van der Waals surface area contributed by atoms with Crippen LogP contribution in [0.3, 0.4) is 0 Å². The number of nitrogens with zero attached hydrogens (tertiary/aromatic N) is 2. The van der Waals surface area contributed by atoms with Crippen molar-refractivity contribution in [3.63, 3.8) is 0 Å². The van der Waals surface area contributed by atoms with E-state index >= 15 is 0 Å². The van der Waals surface area contributed by atoms with Gasteiger partial charge in [-0.3, -0.25) is 4.79 Å². The van der Waals surface area contributed by atoms with Gasteiger partial charge in [-0.1, -0.05) is 18.7 Å². The summed E-state index contributed by atoms with van der Waals surface area (Å²) in [4.78, 5) is 20.5. The Morgan fingerprint density at radius 1 is 1.16 bits per heavy atom. The van der Waals surface area contributed by atoms with Crippen molar-refractivity contribution in [3.8, 4) is 11.5 Å². The monoisotopic (exact) mass is 502 g/mol. The van der Waals surface area contributed by atoms with Gasteiger partial charge in [0.25, 0.3) is 0 Å². The zero-order chi connectivity index (χ0) is 26.7. The fourth-order valence-corrected chi connectivity index (χ4v) is 3.87. The number of aliphatic hydroxyl groups is 1. The van der Waals surface area contributed by atoms with Gasteiger partial charge in [0.2, 0.25) is 5.91 Å². The molecule has 9 heteroatoms. The molecule has 1 aromatic heterocycles. The van der Waals surface area contributed by atoms with Crippen LogP contribution < -0.4 is 20.5 Å². The van der Waals surface area contributed by atoms with E-state index in [9.17, 15) is 14.3 Å². The van der Waals surface area contributed by atoms with E-state index in [0.717, 1.165) is 0 Å². The SMILES string of the molecule is C=C(C(N)=O)c1cc2c(Nc3ccc(OCc4cccc(F)c4)cc3C(C)(C)O)ncnc2cc1OC. The molecule has 0 unspecified atom stereocenters. The molecule has 190 valence electrons. The Kier molecular flexibility index (Phi) is 7.08. The van der Waals surface area contributed by atoms with Crippen LogP contribution in [0.15, 0.2) is 67.5 Å². The second-order valence-electron chi connectivity index (χ2n) is 8.94. The molecule has 4 rings (SSSR count). The number of fused-ring (bicyclic) bond motifs is 1. The van der Waals surface area contributed by atoms with Gasteiger partial charge >= 0.3 is 0 Å². The summed E-state index contributed by atoms with van der Waals surface area (Å²) in [7, 11) is 1.48. The molecule has 0 aliphatic heterocycles. The van der Waals surface area contributed by atoms with Gasteiger partial charge in [-0.2, -0.15) is 0 Å². The highest BCUT2D eigenvalue weighted by molar-refractivity contribution is 6.19. The number of nitrogens with one attached hydrogen (secondary N) is 1. The molecule has 3 aromatic carbocycles. The number of benzene rings is 3. The predicted molar refractivity (Wildman–Crippen MR) is 140 cm³/mol.